The van der Waals surface area contributed by atoms with E-state index in [2.05, 4.69) is 9.46 Å². The summed E-state index contributed by atoms with van der Waals surface area (Å²) in [7, 11) is -2.31. The number of rotatable bonds is 5. The van der Waals surface area contributed by atoms with Gasteiger partial charge in [0.25, 0.3) is 0 Å². The Bertz CT molecular complexity index is 354. The number of aliphatic hydroxyl groups is 1. The summed E-state index contributed by atoms with van der Waals surface area (Å²) >= 11 is 0. The number of hydrogen-bond donors (Lipinski definition) is 2. The van der Waals surface area contributed by atoms with Crippen molar-refractivity contribution in [2.45, 2.75) is 44.2 Å². The van der Waals surface area contributed by atoms with E-state index in [1.54, 1.807) is 0 Å². The third kappa shape index (κ3) is 5.01. The Hall–Kier alpha value is -0.660. The van der Waals surface area contributed by atoms with Crippen LogP contribution in [0.1, 0.15) is 32.1 Å². The summed E-state index contributed by atoms with van der Waals surface area (Å²) in [5.41, 5.74) is 0. The number of methoxy groups -OCH3 is 1. The molecule has 0 radical (unpaired) electrons. The lowest BCUT2D eigenvalue weighted by atomic mass is 9.93. The van der Waals surface area contributed by atoms with Crippen molar-refractivity contribution in [3.63, 3.8) is 0 Å². The van der Waals surface area contributed by atoms with E-state index in [1.165, 1.54) is 7.11 Å². The topological polar surface area (TPSA) is 92.7 Å². The van der Waals surface area contributed by atoms with Gasteiger partial charge in [0.1, 0.15) is 0 Å². The van der Waals surface area contributed by atoms with Gasteiger partial charge in [0, 0.05) is 6.04 Å². The van der Waals surface area contributed by atoms with E-state index < -0.39 is 28.1 Å². The molecule has 0 bridgehead atoms. The standard InChI is InChI=1S/C10H19NO5S/c1-16-10(13)6-7-17(14,15)11-8-4-2-3-5-9(8)12/h8-9,11-12H,2-7H2,1H3. The van der Waals surface area contributed by atoms with Crippen LogP contribution in [0.25, 0.3) is 0 Å². The fraction of sp³-hybridized carbons (Fsp3) is 0.900. The fourth-order valence-corrected chi connectivity index (χ4v) is 3.15. The van der Waals surface area contributed by atoms with Crippen LogP contribution in [-0.4, -0.2) is 44.5 Å². The number of aliphatic hydroxyl groups excluding tert-OH is 1. The van der Waals surface area contributed by atoms with E-state index in [0.717, 1.165) is 12.8 Å². The summed E-state index contributed by atoms with van der Waals surface area (Å²) in [6, 6.07) is -0.425. The van der Waals surface area contributed by atoms with E-state index in [-0.39, 0.29) is 12.2 Å². The molecule has 0 amide bonds. The second-order valence-corrected chi connectivity index (χ2v) is 6.09. The quantitative estimate of drug-likeness (QED) is 0.670. The van der Waals surface area contributed by atoms with Crippen LogP contribution in [0.2, 0.25) is 0 Å². The SMILES string of the molecule is COC(=O)CCS(=O)(=O)NC1CCCCC1O. The molecule has 1 fully saturated rings. The number of carbonyl (C=O) groups excluding carboxylic acids is 1. The van der Waals surface area contributed by atoms with Crippen LogP contribution in [-0.2, 0) is 19.6 Å². The lowest BCUT2D eigenvalue weighted by Crippen LogP contribution is -2.45. The number of sulfonamides is 1. The third-order valence-electron chi connectivity index (χ3n) is 2.86. The van der Waals surface area contributed by atoms with Gasteiger partial charge < -0.3 is 9.84 Å². The molecule has 0 heterocycles. The number of nitrogens with one attached hydrogen (secondary N) is 1. The first-order chi connectivity index (χ1) is 7.94. The average Bonchev–Trinajstić information content (AvgIpc) is 2.29. The fourth-order valence-electron chi connectivity index (χ4n) is 1.86. The molecule has 6 nitrogen and oxygen atoms in total. The molecule has 1 rings (SSSR count). The van der Waals surface area contributed by atoms with E-state index in [4.69, 9.17) is 0 Å². The minimum atomic E-state index is -3.53. The Morgan fingerprint density at radius 3 is 2.65 bits per heavy atom. The molecule has 0 aromatic heterocycles. The van der Waals surface area contributed by atoms with Crippen molar-refractivity contribution < 1.29 is 23.1 Å². The predicted molar refractivity (Wildman–Crippen MR) is 61.8 cm³/mol. The minimum absolute atomic E-state index is 0.172. The molecule has 1 saturated carbocycles. The minimum Gasteiger partial charge on any atom is -0.469 e. The summed E-state index contributed by atoms with van der Waals surface area (Å²) in [6.07, 6.45) is 2.27. The van der Waals surface area contributed by atoms with Crippen LogP contribution in [0.4, 0.5) is 0 Å². The number of esters is 1. The second kappa shape index (κ2) is 6.32. The van der Waals surface area contributed by atoms with Crippen molar-refractivity contribution >= 4 is 16.0 Å². The van der Waals surface area contributed by atoms with Crippen LogP contribution in [0.3, 0.4) is 0 Å². The van der Waals surface area contributed by atoms with Gasteiger partial charge in [0.15, 0.2) is 0 Å². The highest BCUT2D eigenvalue weighted by Crippen LogP contribution is 2.19. The highest BCUT2D eigenvalue weighted by molar-refractivity contribution is 7.89. The van der Waals surface area contributed by atoms with Gasteiger partial charge in [-0.15, -0.1) is 0 Å². The van der Waals surface area contributed by atoms with E-state index >= 15 is 0 Å². The van der Waals surface area contributed by atoms with Crippen LogP contribution < -0.4 is 4.72 Å². The maximum atomic E-state index is 11.6. The zero-order chi connectivity index (χ0) is 12.9. The normalized spacial score (nSPS) is 25.5. The van der Waals surface area contributed by atoms with Crippen molar-refractivity contribution in [3.8, 4) is 0 Å². The van der Waals surface area contributed by atoms with Crippen LogP contribution in [0.15, 0.2) is 0 Å². The summed E-state index contributed by atoms with van der Waals surface area (Å²) in [5.74, 6) is -0.859. The van der Waals surface area contributed by atoms with Crippen molar-refractivity contribution in [1.29, 1.82) is 0 Å². The lowest BCUT2D eigenvalue weighted by Gasteiger charge is -2.27. The molecule has 100 valence electrons. The van der Waals surface area contributed by atoms with E-state index in [0.29, 0.717) is 12.8 Å². The second-order valence-electron chi connectivity index (χ2n) is 4.22. The highest BCUT2D eigenvalue weighted by atomic mass is 32.2. The first-order valence-corrected chi connectivity index (χ1v) is 7.35. The summed E-state index contributed by atoms with van der Waals surface area (Å²) in [5, 5.41) is 9.64. The molecule has 0 aromatic carbocycles. The van der Waals surface area contributed by atoms with Crippen molar-refractivity contribution in [3.05, 3.63) is 0 Å². The van der Waals surface area contributed by atoms with Gasteiger partial charge in [0.2, 0.25) is 10.0 Å². The molecule has 2 atom stereocenters. The molecule has 2 N–H and O–H groups in total. The van der Waals surface area contributed by atoms with Crippen LogP contribution in [0.5, 0.6) is 0 Å². The lowest BCUT2D eigenvalue weighted by molar-refractivity contribution is -0.140. The monoisotopic (exact) mass is 265 g/mol. The molecule has 2 unspecified atom stereocenters. The Kier molecular flexibility index (Phi) is 5.35. The summed E-state index contributed by atoms with van der Waals surface area (Å²) in [6.45, 7) is 0. The molecule has 1 aliphatic rings. The molecule has 0 saturated heterocycles. The van der Waals surface area contributed by atoms with Gasteiger partial charge in [-0.25, -0.2) is 13.1 Å². The van der Waals surface area contributed by atoms with Gasteiger partial charge in [0.05, 0.1) is 25.4 Å². The molecule has 0 aliphatic heterocycles. The maximum Gasteiger partial charge on any atom is 0.306 e. The largest absolute Gasteiger partial charge is 0.469 e. The Labute approximate surface area is 101 Å². The van der Waals surface area contributed by atoms with Crippen molar-refractivity contribution in [2.24, 2.45) is 0 Å². The van der Waals surface area contributed by atoms with Gasteiger partial charge >= 0.3 is 5.97 Å². The molecular weight excluding hydrogens is 246 g/mol. The zero-order valence-electron chi connectivity index (χ0n) is 9.89. The Morgan fingerprint density at radius 2 is 2.06 bits per heavy atom. The van der Waals surface area contributed by atoms with Crippen LogP contribution >= 0.6 is 0 Å². The predicted octanol–water partition coefficient (Wildman–Crippen LogP) is -0.228. The van der Waals surface area contributed by atoms with E-state index in [9.17, 15) is 18.3 Å². The Balaban J connectivity index is 2.45. The number of ether oxygens (including phenoxy) is 1. The molecular formula is C10H19NO5S. The molecule has 7 heteroatoms. The maximum absolute atomic E-state index is 11.6. The summed E-state index contributed by atoms with van der Waals surface area (Å²) in [4.78, 5) is 10.9. The third-order valence-corrected chi connectivity index (χ3v) is 4.27. The van der Waals surface area contributed by atoms with Crippen LogP contribution in [0, 0.1) is 0 Å². The number of hydrogen-bond acceptors (Lipinski definition) is 5. The first kappa shape index (κ1) is 14.4. The van der Waals surface area contributed by atoms with Gasteiger partial charge in [-0.1, -0.05) is 12.8 Å². The van der Waals surface area contributed by atoms with Gasteiger partial charge in [-0.05, 0) is 12.8 Å². The molecule has 0 aromatic rings. The first-order valence-electron chi connectivity index (χ1n) is 5.69. The number of carbonyl (C=O) groups is 1. The van der Waals surface area contributed by atoms with Crippen molar-refractivity contribution in [2.75, 3.05) is 12.9 Å². The highest BCUT2D eigenvalue weighted by Gasteiger charge is 2.27. The van der Waals surface area contributed by atoms with Gasteiger partial charge in [-0.2, -0.15) is 0 Å². The smallest absolute Gasteiger partial charge is 0.306 e. The molecule has 0 spiro atoms. The van der Waals surface area contributed by atoms with E-state index in [1.807, 2.05) is 0 Å². The molecule has 1 aliphatic carbocycles. The van der Waals surface area contributed by atoms with Gasteiger partial charge in [-0.3, -0.25) is 4.79 Å². The average molecular weight is 265 g/mol. The zero-order valence-corrected chi connectivity index (χ0v) is 10.7. The Morgan fingerprint density at radius 1 is 1.41 bits per heavy atom. The van der Waals surface area contributed by atoms with Crippen molar-refractivity contribution in [1.82, 2.24) is 4.72 Å². The molecule has 17 heavy (non-hydrogen) atoms. The summed E-state index contributed by atoms with van der Waals surface area (Å²) < 4.78 is 30.1.